The summed E-state index contributed by atoms with van der Waals surface area (Å²) < 4.78 is 0. The maximum absolute atomic E-state index is 11.6. The van der Waals surface area contributed by atoms with Crippen molar-refractivity contribution in [1.29, 1.82) is 0 Å². The molecule has 0 spiro atoms. The molecular formula is C11H15NO3S2. The van der Waals surface area contributed by atoms with Crippen molar-refractivity contribution in [2.75, 3.05) is 25.1 Å². The molecule has 1 rings (SSSR count). The molecule has 6 heteroatoms. The van der Waals surface area contributed by atoms with E-state index in [-0.39, 0.29) is 17.4 Å². The van der Waals surface area contributed by atoms with Gasteiger partial charge in [0.15, 0.2) is 0 Å². The summed E-state index contributed by atoms with van der Waals surface area (Å²) in [4.78, 5) is 24.8. The minimum atomic E-state index is -0.885. The highest BCUT2D eigenvalue weighted by molar-refractivity contribution is 8.00. The number of thioether (sulfide) groups is 1. The molecule has 0 aliphatic carbocycles. The maximum atomic E-state index is 11.6. The summed E-state index contributed by atoms with van der Waals surface area (Å²) in [5.41, 5.74) is 0. The Morgan fingerprint density at radius 2 is 2.24 bits per heavy atom. The molecule has 0 aromatic carbocycles. The lowest BCUT2D eigenvalue weighted by Gasteiger charge is -2.16. The van der Waals surface area contributed by atoms with Crippen LogP contribution in [0.2, 0.25) is 0 Å². The first kappa shape index (κ1) is 14.1. The summed E-state index contributed by atoms with van der Waals surface area (Å²) in [6.07, 6.45) is 0.851. The normalized spacial score (nSPS) is 10.2. The van der Waals surface area contributed by atoms with Gasteiger partial charge in [0, 0.05) is 18.5 Å². The van der Waals surface area contributed by atoms with E-state index < -0.39 is 5.97 Å². The summed E-state index contributed by atoms with van der Waals surface area (Å²) in [5.74, 6) is -0.700. The Balaban J connectivity index is 2.20. The molecule has 94 valence electrons. The lowest BCUT2D eigenvalue weighted by molar-refractivity contribution is -0.133. The van der Waals surface area contributed by atoms with Crippen molar-refractivity contribution < 1.29 is 14.7 Å². The first-order chi connectivity index (χ1) is 8.09. The number of carboxylic acids is 1. The minimum Gasteiger partial charge on any atom is -0.481 e. The first-order valence-electron chi connectivity index (χ1n) is 5.15. The number of rotatable bonds is 7. The molecule has 0 aliphatic rings. The van der Waals surface area contributed by atoms with Crippen LogP contribution in [0.3, 0.4) is 0 Å². The van der Waals surface area contributed by atoms with Crippen LogP contribution in [0.25, 0.3) is 0 Å². The number of carbonyl (C=O) groups excluding carboxylic acids is 1. The van der Waals surface area contributed by atoms with Gasteiger partial charge in [-0.15, -0.1) is 23.1 Å². The van der Waals surface area contributed by atoms with Gasteiger partial charge in [0.2, 0.25) is 5.91 Å². The van der Waals surface area contributed by atoms with Crippen molar-refractivity contribution in [2.24, 2.45) is 0 Å². The molecule has 17 heavy (non-hydrogen) atoms. The maximum Gasteiger partial charge on any atom is 0.313 e. The summed E-state index contributed by atoms with van der Waals surface area (Å²) in [5, 5.41) is 10.5. The second-order valence-corrected chi connectivity index (χ2v) is 5.55. The molecule has 0 aliphatic heterocycles. The first-order valence-corrected chi connectivity index (χ1v) is 7.19. The predicted octanol–water partition coefficient (Wildman–Crippen LogP) is 1.57. The fourth-order valence-electron chi connectivity index (χ4n) is 1.19. The van der Waals surface area contributed by atoms with Crippen molar-refractivity contribution in [3.63, 3.8) is 0 Å². The zero-order valence-electron chi connectivity index (χ0n) is 9.59. The average molecular weight is 273 g/mol. The van der Waals surface area contributed by atoms with E-state index in [2.05, 4.69) is 0 Å². The number of amides is 1. The van der Waals surface area contributed by atoms with E-state index in [1.165, 1.54) is 4.88 Å². The Bertz CT molecular complexity index is 365. The third kappa shape index (κ3) is 5.74. The Morgan fingerprint density at radius 3 is 2.82 bits per heavy atom. The van der Waals surface area contributed by atoms with Gasteiger partial charge in [-0.25, -0.2) is 0 Å². The van der Waals surface area contributed by atoms with Gasteiger partial charge in [-0.05, 0) is 17.9 Å². The fraction of sp³-hybridized carbons (Fsp3) is 0.455. The zero-order valence-corrected chi connectivity index (χ0v) is 11.2. The zero-order chi connectivity index (χ0) is 12.7. The van der Waals surface area contributed by atoms with E-state index in [9.17, 15) is 9.59 Å². The summed E-state index contributed by atoms with van der Waals surface area (Å²) in [7, 11) is 1.75. The van der Waals surface area contributed by atoms with Crippen molar-refractivity contribution in [3.8, 4) is 0 Å². The van der Waals surface area contributed by atoms with Crippen molar-refractivity contribution >= 4 is 35.0 Å². The van der Waals surface area contributed by atoms with Gasteiger partial charge in [0.25, 0.3) is 0 Å². The van der Waals surface area contributed by atoms with Gasteiger partial charge in [0.05, 0.1) is 11.5 Å². The molecule has 0 radical (unpaired) electrons. The van der Waals surface area contributed by atoms with Gasteiger partial charge >= 0.3 is 5.97 Å². The van der Waals surface area contributed by atoms with E-state index >= 15 is 0 Å². The van der Waals surface area contributed by atoms with Crippen LogP contribution in [-0.4, -0.2) is 47.0 Å². The average Bonchev–Trinajstić information content (AvgIpc) is 2.78. The van der Waals surface area contributed by atoms with E-state index in [0.29, 0.717) is 6.54 Å². The highest BCUT2D eigenvalue weighted by Gasteiger charge is 2.09. The number of thiophene rings is 1. The SMILES string of the molecule is CN(CCc1cccs1)C(=O)CSCC(=O)O. The highest BCUT2D eigenvalue weighted by Crippen LogP contribution is 2.10. The lowest BCUT2D eigenvalue weighted by Crippen LogP contribution is -2.30. The number of carbonyl (C=O) groups is 2. The van der Waals surface area contributed by atoms with Crippen LogP contribution in [0.4, 0.5) is 0 Å². The highest BCUT2D eigenvalue weighted by atomic mass is 32.2. The van der Waals surface area contributed by atoms with E-state index in [1.807, 2.05) is 17.5 Å². The Hall–Kier alpha value is -1.01. The molecule has 0 bridgehead atoms. The molecule has 0 atom stereocenters. The minimum absolute atomic E-state index is 0.0205. The Kier molecular flexibility index (Phi) is 6.07. The molecular weight excluding hydrogens is 258 g/mol. The molecule has 1 aromatic rings. The lowest BCUT2D eigenvalue weighted by atomic mass is 10.3. The summed E-state index contributed by atoms with van der Waals surface area (Å²) >= 11 is 2.81. The number of hydrogen-bond acceptors (Lipinski definition) is 4. The van der Waals surface area contributed by atoms with Gasteiger partial charge in [-0.2, -0.15) is 0 Å². The van der Waals surface area contributed by atoms with Crippen LogP contribution in [0.15, 0.2) is 17.5 Å². The van der Waals surface area contributed by atoms with Gasteiger partial charge in [-0.1, -0.05) is 6.07 Å². The van der Waals surface area contributed by atoms with Crippen LogP contribution in [-0.2, 0) is 16.0 Å². The van der Waals surface area contributed by atoms with E-state index in [1.54, 1.807) is 23.3 Å². The van der Waals surface area contributed by atoms with Gasteiger partial charge in [-0.3, -0.25) is 9.59 Å². The second-order valence-electron chi connectivity index (χ2n) is 3.53. The van der Waals surface area contributed by atoms with Crippen molar-refractivity contribution in [3.05, 3.63) is 22.4 Å². The number of likely N-dealkylation sites (N-methyl/N-ethyl adjacent to an activating group) is 1. The summed E-state index contributed by atoms with van der Waals surface area (Å²) in [6, 6.07) is 4.03. The standard InChI is InChI=1S/C11H15NO3S2/c1-12(5-4-9-3-2-6-17-9)10(13)7-16-8-11(14)15/h2-3,6H,4-5,7-8H2,1H3,(H,14,15). The molecule has 1 amide bonds. The number of nitrogens with zero attached hydrogens (tertiary/aromatic N) is 1. The van der Waals surface area contributed by atoms with Crippen molar-refractivity contribution in [2.45, 2.75) is 6.42 Å². The number of hydrogen-bond donors (Lipinski definition) is 1. The van der Waals surface area contributed by atoms with Crippen LogP contribution in [0, 0.1) is 0 Å². The van der Waals surface area contributed by atoms with Crippen LogP contribution in [0.5, 0.6) is 0 Å². The van der Waals surface area contributed by atoms with E-state index in [4.69, 9.17) is 5.11 Å². The van der Waals surface area contributed by atoms with Crippen LogP contribution < -0.4 is 0 Å². The second kappa shape index (κ2) is 7.34. The number of aliphatic carboxylic acids is 1. The quantitative estimate of drug-likeness (QED) is 0.819. The predicted molar refractivity (Wildman–Crippen MR) is 70.6 cm³/mol. The smallest absolute Gasteiger partial charge is 0.313 e. The molecule has 1 N–H and O–H groups in total. The van der Waals surface area contributed by atoms with Crippen LogP contribution in [0.1, 0.15) is 4.88 Å². The molecule has 0 fully saturated rings. The fourth-order valence-corrected chi connectivity index (χ4v) is 2.56. The topological polar surface area (TPSA) is 57.6 Å². The molecule has 1 aromatic heterocycles. The third-order valence-corrected chi connectivity index (χ3v) is 3.99. The van der Waals surface area contributed by atoms with Crippen LogP contribution >= 0.6 is 23.1 Å². The third-order valence-electron chi connectivity index (χ3n) is 2.15. The largest absolute Gasteiger partial charge is 0.481 e. The number of carboxylic acid groups (broad SMARTS) is 1. The molecule has 0 unspecified atom stereocenters. The Morgan fingerprint density at radius 1 is 1.47 bits per heavy atom. The van der Waals surface area contributed by atoms with E-state index in [0.717, 1.165) is 18.2 Å². The molecule has 0 saturated carbocycles. The monoisotopic (exact) mass is 273 g/mol. The molecule has 0 saturated heterocycles. The molecule has 1 heterocycles. The Labute approximate surface area is 109 Å². The van der Waals surface area contributed by atoms with Gasteiger partial charge < -0.3 is 10.0 Å². The van der Waals surface area contributed by atoms with Crippen molar-refractivity contribution in [1.82, 2.24) is 4.90 Å². The van der Waals surface area contributed by atoms with Gasteiger partial charge in [0.1, 0.15) is 0 Å². The summed E-state index contributed by atoms with van der Waals surface area (Å²) in [6.45, 7) is 0.674. The molecule has 4 nitrogen and oxygen atoms in total.